The van der Waals surface area contributed by atoms with Gasteiger partial charge in [0.2, 0.25) is 5.82 Å². The predicted molar refractivity (Wildman–Crippen MR) is 68.9 cm³/mol. The summed E-state index contributed by atoms with van der Waals surface area (Å²) in [5, 5.41) is 13.2. The fraction of sp³-hybridized carbons (Fsp3) is 0. The summed E-state index contributed by atoms with van der Waals surface area (Å²) in [6.07, 6.45) is 1.35. The predicted octanol–water partition coefficient (Wildman–Crippen LogP) is 2.32. The molecule has 1 heterocycles. The Hall–Kier alpha value is -2.29. The molecule has 0 aliphatic rings. The van der Waals surface area contributed by atoms with Crippen LogP contribution < -0.4 is 10.9 Å². The molecule has 0 aliphatic heterocycles. The standard InChI is InChI=1S/C10H6BrFN4O3/c11-8-4-13-10(17)9(15-8)14-5-1-2-6(12)7(3-5)16(18)19/h1-4H,(H,13,17)(H,14,15). The Morgan fingerprint density at radius 2 is 2.21 bits per heavy atom. The molecule has 0 unspecified atom stereocenters. The molecule has 98 valence electrons. The molecule has 2 N–H and O–H groups in total. The van der Waals surface area contributed by atoms with Gasteiger partial charge in [-0.1, -0.05) is 0 Å². The van der Waals surface area contributed by atoms with Crippen molar-refractivity contribution in [2.24, 2.45) is 0 Å². The smallest absolute Gasteiger partial charge is 0.306 e. The fourth-order valence-electron chi connectivity index (χ4n) is 1.34. The van der Waals surface area contributed by atoms with Crippen molar-refractivity contribution in [2.75, 3.05) is 5.32 Å². The highest BCUT2D eigenvalue weighted by molar-refractivity contribution is 9.10. The molecule has 19 heavy (non-hydrogen) atoms. The van der Waals surface area contributed by atoms with Crippen molar-refractivity contribution in [1.82, 2.24) is 9.97 Å². The lowest BCUT2D eigenvalue weighted by molar-refractivity contribution is -0.387. The quantitative estimate of drug-likeness (QED) is 0.665. The molecule has 0 saturated carbocycles. The molecule has 0 fully saturated rings. The lowest BCUT2D eigenvalue weighted by Crippen LogP contribution is -2.13. The van der Waals surface area contributed by atoms with Crippen LogP contribution in [0, 0.1) is 15.9 Å². The van der Waals surface area contributed by atoms with E-state index < -0.39 is 22.0 Å². The number of aromatic nitrogens is 2. The summed E-state index contributed by atoms with van der Waals surface area (Å²) < 4.78 is 13.5. The molecule has 1 aromatic carbocycles. The zero-order valence-corrected chi connectivity index (χ0v) is 10.8. The Morgan fingerprint density at radius 3 is 2.89 bits per heavy atom. The van der Waals surface area contributed by atoms with Crippen molar-refractivity contribution in [3.63, 3.8) is 0 Å². The monoisotopic (exact) mass is 328 g/mol. The van der Waals surface area contributed by atoms with Gasteiger partial charge in [0.25, 0.3) is 5.56 Å². The normalized spacial score (nSPS) is 10.2. The van der Waals surface area contributed by atoms with Gasteiger partial charge in [0, 0.05) is 18.0 Å². The summed E-state index contributed by atoms with van der Waals surface area (Å²) in [6.45, 7) is 0. The molecule has 0 bridgehead atoms. The number of hydrogen-bond acceptors (Lipinski definition) is 5. The molecule has 0 amide bonds. The largest absolute Gasteiger partial charge is 0.335 e. The highest BCUT2D eigenvalue weighted by Gasteiger charge is 2.15. The van der Waals surface area contributed by atoms with E-state index in [2.05, 4.69) is 31.2 Å². The molecule has 7 nitrogen and oxygen atoms in total. The summed E-state index contributed by atoms with van der Waals surface area (Å²) in [5.74, 6) is -1.01. The number of nitrogens with one attached hydrogen (secondary N) is 2. The Morgan fingerprint density at radius 1 is 1.47 bits per heavy atom. The summed E-state index contributed by atoms with van der Waals surface area (Å²) in [7, 11) is 0. The summed E-state index contributed by atoms with van der Waals surface area (Å²) in [5.41, 5.74) is -1.00. The Labute approximate surface area is 113 Å². The maximum Gasteiger partial charge on any atom is 0.306 e. The second-order valence-corrected chi connectivity index (χ2v) is 4.26. The molecule has 0 radical (unpaired) electrons. The first kappa shape index (κ1) is 13.1. The number of H-pyrrole nitrogens is 1. The zero-order valence-electron chi connectivity index (χ0n) is 9.18. The first-order valence-electron chi connectivity index (χ1n) is 4.93. The second-order valence-electron chi connectivity index (χ2n) is 3.45. The van der Waals surface area contributed by atoms with Crippen LogP contribution in [0.4, 0.5) is 21.6 Å². The van der Waals surface area contributed by atoms with Gasteiger partial charge in [-0.25, -0.2) is 4.98 Å². The van der Waals surface area contributed by atoms with Gasteiger partial charge in [0.15, 0.2) is 5.82 Å². The van der Waals surface area contributed by atoms with Crippen LogP contribution >= 0.6 is 15.9 Å². The van der Waals surface area contributed by atoms with E-state index >= 15 is 0 Å². The number of anilines is 2. The fourth-order valence-corrected chi connectivity index (χ4v) is 1.63. The Balaban J connectivity index is 2.39. The maximum absolute atomic E-state index is 13.1. The van der Waals surface area contributed by atoms with E-state index in [0.29, 0.717) is 4.60 Å². The van der Waals surface area contributed by atoms with Crippen LogP contribution in [0.25, 0.3) is 0 Å². The molecule has 1 aromatic heterocycles. The second kappa shape index (κ2) is 5.14. The minimum atomic E-state index is -0.952. The summed E-state index contributed by atoms with van der Waals surface area (Å²) in [6, 6.07) is 3.19. The number of halogens is 2. The molecular formula is C10H6BrFN4O3. The van der Waals surface area contributed by atoms with Crippen LogP contribution in [0.5, 0.6) is 0 Å². The van der Waals surface area contributed by atoms with E-state index in [-0.39, 0.29) is 11.5 Å². The summed E-state index contributed by atoms with van der Waals surface area (Å²) in [4.78, 5) is 27.5. The SMILES string of the molecule is O=c1[nH]cc(Br)nc1Nc1ccc(F)c([N+](=O)[O-])c1. The zero-order chi connectivity index (χ0) is 14.0. The third-order valence-corrected chi connectivity index (χ3v) is 2.57. The minimum Gasteiger partial charge on any atom is -0.335 e. The first-order valence-corrected chi connectivity index (χ1v) is 5.73. The topological polar surface area (TPSA) is 101 Å². The van der Waals surface area contributed by atoms with Gasteiger partial charge in [0.1, 0.15) is 4.60 Å². The van der Waals surface area contributed by atoms with Crippen molar-refractivity contribution < 1.29 is 9.31 Å². The maximum atomic E-state index is 13.1. The molecule has 2 aromatic rings. The van der Waals surface area contributed by atoms with E-state index in [9.17, 15) is 19.3 Å². The van der Waals surface area contributed by atoms with Crippen LogP contribution in [0.3, 0.4) is 0 Å². The number of rotatable bonds is 3. The van der Waals surface area contributed by atoms with Crippen molar-refractivity contribution in [3.05, 3.63) is 55.3 Å². The van der Waals surface area contributed by atoms with Crippen molar-refractivity contribution in [2.45, 2.75) is 0 Å². The van der Waals surface area contributed by atoms with Gasteiger partial charge in [-0.15, -0.1) is 0 Å². The minimum absolute atomic E-state index is 0.0599. The van der Waals surface area contributed by atoms with Gasteiger partial charge >= 0.3 is 5.69 Å². The Bertz CT molecular complexity index is 703. The highest BCUT2D eigenvalue weighted by Crippen LogP contribution is 2.23. The Kier molecular flexibility index (Phi) is 3.56. The average Bonchev–Trinajstić information content (AvgIpc) is 2.36. The van der Waals surface area contributed by atoms with Crippen LogP contribution in [0.2, 0.25) is 0 Å². The van der Waals surface area contributed by atoms with E-state index in [1.54, 1.807) is 0 Å². The molecule has 0 atom stereocenters. The molecule has 9 heteroatoms. The highest BCUT2D eigenvalue weighted by atomic mass is 79.9. The van der Waals surface area contributed by atoms with E-state index in [0.717, 1.165) is 12.1 Å². The first-order chi connectivity index (χ1) is 8.97. The average molecular weight is 329 g/mol. The van der Waals surface area contributed by atoms with Crippen LogP contribution in [0.15, 0.2) is 33.8 Å². The third kappa shape index (κ3) is 2.94. The van der Waals surface area contributed by atoms with Gasteiger partial charge in [-0.3, -0.25) is 14.9 Å². The molecular weight excluding hydrogens is 323 g/mol. The van der Waals surface area contributed by atoms with Gasteiger partial charge < -0.3 is 10.3 Å². The number of benzene rings is 1. The number of hydrogen-bond donors (Lipinski definition) is 2. The van der Waals surface area contributed by atoms with Crippen molar-refractivity contribution in [3.8, 4) is 0 Å². The van der Waals surface area contributed by atoms with Gasteiger partial charge in [-0.2, -0.15) is 4.39 Å². The van der Waals surface area contributed by atoms with Crippen LogP contribution in [0.1, 0.15) is 0 Å². The number of aromatic amines is 1. The van der Waals surface area contributed by atoms with Gasteiger partial charge in [0.05, 0.1) is 4.92 Å². The van der Waals surface area contributed by atoms with Crippen LogP contribution in [-0.2, 0) is 0 Å². The van der Waals surface area contributed by atoms with Gasteiger partial charge in [-0.05, 0) is 28.1 Å². The van der Waals surface area contributed by atoms with Crippen molar-refractivity contribution in [1.29, 1.82) is 0 Å². The molecule has 2 rings (SSSR count). The van der Waals surface area contributed by atoms with E-state index in [1.807, 2.05) is 0 Å². The lowest BCUT2D eigenvalue weighted by atomic mass is 10.2. The lowest BCUT2D eigenvalue weighted by Gasteiger charge is -2.04. The number of nitrogens with zero attached hydrogens (tertiary/aromatic N) is 2. The van der Waals surface area contributed by atoms with E-state index in [1.165, 1.54) is 12.3 Å². The number of nitro groups is 1. The molecule has 0 aliphatic carbocycles. The van der Waals surface area contributed by atoms with E-state index in [4.69, 9.17) is 0 Å². The molecule has 0 saturated heterocycles. The number of nitro benzene ring substituents is 1. The molecule has 0 spiro atoms. The van der Waals surface area contributed by atoms with Crippen molar-refractivity contribution >= 4 is 33.1 Å². The third-order valence-electron chi connectivity index (χ3n) is 2.16. The summed E-state index contributed by atoms with van der Waals surface area (Å²) >= 11 is 3.07. The van der Waals surface area contributed by atoms with Crippen LogP contribution in [-0.4, -0.2) is 14.9 Å².